The molecule has 0 aromatic rings. The quantitative estimate of drug-likeness (QED) is 0.762. The lowest BCUT2D eigenvalue weighted by molar-refractivity contribution is 0.110. The van der Waals surface area contributed by atoms with Crippen LogP contribution in [-0.4, -0.2) is 36.6 Å². The first-order chi connectivity index (χ1) is 7.45. The highest BCUT2D eigenvalue weighted by Crippen LogP contribution is 2.33. The fourth-order valence-electron chi connectivity index (χ4n) is 4.02. The third-order valence-electron chi connectivity index (χ3n) is 4.77. The van der Waals surface area contributed by atoms with E-state index in [4.69, 9.17) is 0 Å². The largest absolute Gasteiger partial charge is 0.311 e. The molecule has 0 radical (unpaired) electrons. The van der Waals surface area contributed by atoms with E-state index in [1.54, 1.807) is 0 Å². The smallest absolute Gasteiger partial charge is 0.0253 e. The van der Waals surface area contributed by atoms with Crippen LogP contribution in [0.15, 0.2) is 0 Å². The molecule has 3 rings (SSSR count). The summed E-state index contributed by atoms with van der Waals surface area (Å²) in [7, 11) is 0. The average molecular weight is 245 g/mol. The van der Waals surface area contributed by atoms with E-state index >= 15 is 0 Å². The Bertz CT molecular complexity index is 216. The monoisotopic (exact) mass is 244 g/mol. The Morgan fingerprint density at radius 1 is 0.875 bits per heavy atom. The highest BCUT2D eigenvalue weighted by atomic mass is 35.5. The standard InChI is InChI=1S/C13H24N2.ClH/c1-2-5-11(6-3-1)13-12-7-4-9-15(12)10-8-14-13;/h11-14H,1-10H2;1H. The molecule has 16 heavy (non-hydrogen) atoms. The normalized spacial score (nSPS) is 36.8. The van der Waals surface area contributed by atoms with Crippen LogP contribution in [0.3, 0.4) is 0 Å². The first-order valence-electron chi connectivity index (χ1n) is 6.92. The van der Waals surface area contributed by atoms with Crippen LogP contribution in [0.25, 0.3) is 0 Å². The molecule has 1 saturated carbocycles. The summed E-state index contributed by atoms with van der Waals surface area (Å²) < 4.78 is 0. The van der Waals surface area contributed by atoms with E-state index in [1.807, 2.05) is 0 Å². The molecule has 2 unspecified atom stereocenters. The topological polar surface area (TPSA) is 15.3 Å². The van der Waals surface area contributed by atoms with E-state index in [-0.39, 0.29) is 12.4 Å². The van der Waals surface area contributed by atoms with Crippen molar-refractivity contribution >= 4 is 12.4 Å². The number of halogens is 1. The van der Waals surface area contributed by atoms with Crippen LogP contribution in [0.2, 0.25) is 0 Å². The molecule has 2 nitrogen and oxygen atoms in total. The number of fused-ring (bicyclic) bond motifs is 1. The van der Waals surface area contributed by atoms with Gasteiger partial charge in [-0.05, 0) is 38.1 Å². The summed E-state index contributed by atoms with van der Waals surface area (Å²) in [6, 6.07) is 1.73. The van der Waals surface area contributed by atoms with Crippen molar-refractivity contribution in [1.29, 1.82) is 0 Å². The Labute approximate surface area is 106 Å². The van der Waals surface area contributed by atoms with Gasteiger partial charge >= 0.3 is 0 Å². The SMILES string of the molecule is C1CCC(C2NCCN3CCCC23)CC1.Cl. The van der Waals surface area contributed by atoms with E-state index in [0.29, 0.717) is 0 Å². The Kier molecular flexibility index (Phi) is 4.51. The molecule has 2 saturated heterocycles. The van der Waals surface area contributed by atoms with Gasteiger partial charge in [0.25, 0.3) is 0 Å². The van der Waals surface area contributed by atoms with Gasteiger partial charge in [0.1, 0.15) is 0 Å². The number of rotatable bonds is 1. The fourth-order valence-corrected chi connectivity index (χ4v) is 4.02. The molecule has 0 bridgehead atoms. The molecule has 0 aromatic carbocycles. The second-order valence-corrected chi connectivity index (χ2v) is 5.62. The number of nitrogens with zero attached hydrogens (tertiary/aromatic N) is 1. The lowest BCUT2D eigenvalue weighted by Crippen LogP contribution is -2.58. The van der Waals surface area contributed by atoms with Gasteiger partial charge in [0.15, 0.2) is 0 Å². The zero-order valence-electron chi connectivity index (χ0n) is 10.2. The molecule has 2 heterocycles. The van der Waals surface area contributed by atoms with Crippen molar-refractivity contribution in [3.05, 3.63) is 0 Å². The van der Waals surface area contributed by atoms with Crippen molar-refractivity contribution in [3.8, 4) is 0 Å². The van der Waals surface area contributed by atoms with Crippen LogP contribution >= 0.6 is 12.4 Å². The van der Waals surface area contributed by atoms with Crippen LogP contribution in [0.5, 0.6) is 0 Å². The lowest BCUT2D eigenvalue weighted by Gasteiger charge is -2.43. The van der Waals surface area contributed by atoms with Crippen molar-refractivity contribution in [3.63, 3.8) is 0 Å². The van der Waals surface area contributed by atoms with Crippen molar-refractivity contribution < 1.29 is 0 Å². The van der Waals surface area contributed by atoms with Gasteiger partial charge in [-0.3, -0.25) is 4.90 Å². The summed E-state index contributed by atoms with van der Waals surface area (Å²) in [4.78, 5) is 2.75. The van der Waals surface area contributed by atoms with E-state index < -0.39 is 0 Å². The van der Waals surface area contributed by atoms with E-state index in [2.05, 4.69) is 10.2 Å². The maximum atomic E-state index is 3.82. The van der Waals surface area contributed by atoms with E-state index in [0.717, 1.165) is 18.0 Å². The maximum Gasteiger partial charge on any atom is 0.0253 e. The number of nitrogens with one attached hydrogen (secondary N) is 1. The van der Waals surface area contributed by atoms with Crippen molar-refractivity contribution in [2.75, 3.05) is 19.6 Å². The Morgan fingerprint density at radius 2 is 1.69 bits per heavy atom. The zero-order valence-corrected chi connectivity index (χ0v) is 11.0. The fraction of sp³-hybridized carbons (Fsp3) is 1.00. The van der Waals surface area contributed by atoms with Gasteiger partial charge in [0.2, 0.25) is 0 Å². The molecule has 0 amide bonds. The predicted octanol–water partition coefficient (Wildman–Crippen LogP) is 2.42. The molecule has 94 valence electrons. The minimum absolute atomic E-state index is 0. The molecule has 2 aliphatic heterocycles. The third kappa shape index (κ3) is 2.39. The van der Waals surface area contributed by atoms with Crippen LogP contribution < -0.4 is 5.32 Å². The third-order valence-corrected chi connectivity index (χ3v) is 4.77. The lowest BCUT2D eigenvalue weighted by atomic mass is 9.80. The molecule has 3 heteroatoms. The van der Waals surface area contributed by atoms with Crippen LogP contribution in [0.4, 0.5) is 0 Å². The van der Waals surface area contributed by atoms with Gasteiger partial charge < -0.3 is 5.32 Å². The summed E-state index contributed by atoms with van der Waals surface area (Å²) in [5.74, 6) is 0.990. The summed E-state index contributed by atoms with van der Waals surface area (Å²) >= 11 is 0. The summed E-state index contributed by atoms with van der Waals surface area (Å²) in [5.41, 5.74) is 0. The van der Waals surface area contributed by atoms with Gasteiger partial charge in [-0.15, -0.1) is 12.4 Å². The van der Waals surface area contributed by atoms with Gasteiger partial charge in [0, 0.05) is 25.2 Å². The van der Waals surface area contributed by atoms with E-state index in [9.17, 15) is 0 Å². The molecule has 3 aliphatic rings. The van der Waals surface area contributed by atoms with Gasteiger partial charge in [-0.25, -0.2) is 0 Å². The molecular weight excluding hydrogens is 220 g/mol. The summed E-state index contributed by atoms with van der Waals surface area (Å²) in [6.07, 6.45) is 10.3. The van der Waals surface area contributed by atoms with Crippen LogP contribution in [-0.2, 0) is 0 Å². The zero-order chi connectivity index (χ0) is 10.1. The highest BCUT2D eigenvalue weighted by Gasteiger charge is 2.38. The Balaban J connectivity index is 0.000000963. The first kappa shape index (κ1) is 12.7. The molecule has 3 fully saturated rings. The second-order valence-electron chi connectivity index (χ2n) is 5.62. The molecule has 1 N–H and O–H groups in total. The summed E-state index contributed by atoms with van der Waals surface area (Å²) in [6.45, 7) is 3.90. The van der Waals surface area contributed by atoms with E-state index in [1.165, 1.54) is 64.6 Å². The number of hydrogen-bond acceptors (Lipinski definition) is 2. The average Bonchev–Trinajstić information content (AvgIpc) is 2.78. The summed E-state index contributed by atoms with van der Waals surface area (Å²) in [5, 5.41) is 3.82. The van der Waals surface area contributed by atoms with Crippen LogP contribution in [0.1, 0.15) is 44.9 Å². The first-order valence-corrected chi connectivity index (χ1v) is 6.92. The number of hydrogen-bond donors (Lipinski definition) is 1. The Morgan fingerprint density at radius 3 is 2.50 bits per heavy atom. The van der Waals surface area contributed by atoms with Crippen molar-refractivity contribution in [2.24, 2.45) is 5.92 Å². The molecule has 0 aromatic heterocycles. The number of piperazine rings is 1. The Hall–Kier alpha value is 0.210. The predicted molar refractivity (Wildman–Crippen MR) is 70.2 cm³/mol. The maximum absolute atomic E-state index is 3.82. The minimum atomic E-state index is 0. The minimum Gasteiger partial charge on any atom is -0.311 e. The second kappa shape index (κ2) is 5.70. The molecule has 1 aliphatic carbocycles. The molecule has 2 atom stereocenters. The van der Waals surface area contributed by atoms with Gasteiger partial charge in [-0.2, -0.15) is 0 Å². The molecule has 0 spiro atoms. The van der Waals surface area contributed by atoms with Crippen molar-refractivity contribution in [1.82, 2.24) is 10.2 Å². The molecular formula is C13H25ClN2. The highest BCUT2D eigenvalue weighted by molar-refractivity contribution is 5.85. The van der Waals surface area contributed by atoms with Gasteiger partial charge in [-0.1, -0.05) is 19.3 Å². The van der Waals surface area contributed by atoms with Gasteiger partial charge in [0.05, 0.1) is 0 Å². The van der Waals surface area contributed by atoms with Crippen LogP contribution in [0, 0.1) is 5.92 Å². The van der Waals surface area contributed by atoms with Crippen molar-refractivity contribution in [2.45, 2.75) is 57.0 Å².